The Labute approximate surface area is 159 Å². The molecule has 2 aromatic heterocycles. The van der Waals surface area contributed by atoms with Gasteiger partial charge in [-0.3, -0.25) is 4.40 Å². The van der Waals surface area contributed by atoms with E-state index in [9.17, 15) is 13.2 Å². The van der Waals surface area contributed by atoms with Gasteiger partial charge in [0, 0.05) is 12.8 Å². The smallest absolute Gasteiger partial charge is 0.387 e. The van der Waals surface area contributed by atoms with Crippen LogP contribution in [0.4, 0.5) is 19.1 Å². The third-order valence-corrected chi connectivity index (χ3v) is 4.61. The van der Waals surface area contributed by atoms with Crippen LogP contribution in [0.2, 0.25) is 0 Å². The molecule has 0 saturated carbocycles. The molecule has 28 heavy (non-hydrogen) atoms. The monoisotopic (exact) mass is 392 g/mol. The molecule has 3 heterocycles. The largest absolute Gasteiger partial charge is 0.434 e. The Kier molecular flexibility index (Phi) is 5.08. The molecule has 0 radical (unpaired) electrons. The number of nitrogens with one attached hydrogen (secondary N) is 1. The molecular formula is C19H19F3N4O2. The van der Waals surface area contributed by atoms with Crippen molar-refractivity contribution in [1.29, 1.82) is 0 Å². The highest BCUT2D eigenvalue weighted by Crippen LogP contribution is 2.36. The van der Waals surface area contributed by atoms with Crippen molar-refractivity contribution in [2.24, 2.45) is 0 Å². The second-order valence-corrected chi connectivity index (χ2v) is 6.69. The van der Waals surface area contributed by atoms with Gasteiger partial charge in [0.15, 0.2) is 0 Å². The first-order valence-electron chi connectivity index (χ1n) is 8.96. The first-order chi connectivity index (χ1) is 13.5. The number of hydrogen-bond acceptors (Lipinski definition) is 5. The molecule has 6 nitrogen and oxygen atoms in total. The van der Waals surface area contributed by atoms with E-state index in [0.29, 0.717) is 23.6 Å². The second kappa shape index (κ2) is 7.67. The first kappa shape index (κ1) is 18.5. The topological polar surface area (TPSA) is 60.7 Å². The molecule has 1 aliphatic heterocycles. The summed E-state index contributed by atoms with van der Waals surface area (Å²) in [6.45, 7) is -0.182. The molecule has 4 rings (SSSR count). The lowest BCUT2D eigenvalue weighted by Gasteiger charge is -2.24. The van der Waals surface area contributed by atoms with Crippen LogP contribution >= 0.6 is 0 Å². The zero-order chi connectivity index (χ0) is 19.7. The lowest BCUT2D eigenvalue weighted by atomic mass is 10.1. The third-order valence-electron chi connectivity index (χ3n) is 4.61. The molecule has 1 aromatic carbocycles. The summed E-state index contributed by atoms with van der Waals surface area (Å²) in [5.74, 6) is -0.496. The molecule has 1 saturated heterocycles. The fourth-order valence-corrected chi connectivity index (χ4v) is 3.40. The summed E-state index contributed by atoms with van der Waals surface area (Å²) in [6.07, 6.45) is 3.63. The standard InChI is InChI=1S/C19H19F3N4O2/c1-11-8-13(20)16(15(9-11)28-18(21)22)17-14-5-2-6-26(14)19(25-24-17)23-12-4-3-7-27-10-12/h2,5-6,8-9,12,18H,3-4,7,10H2,1H3,(H,23,25). The van der Waals surface area contributed by atoms with Crippen molar-refractivity contribution < 1.29 is 22.6 Å². The number of nitrogens with zero attached hydrogens (tertiary/aromatic N) is 3. The van der Waals surface area contributed by atoms with Crippen LogP contribution in [0.25, 0.3) is 16.8 Å². The van der Waals surface area contributed by atoms with E-state index < -0.39 is 12.4 Å². The average molecular weight is 392 g/mol. The van der Waals surface area contributed by atoms with Gasteiger partial charge in [-0.25, -0.2) is 4.39 Å². The summed E-state index contributed by atoms with van der Waals surface area (Å²) >= 11 is 0. The van der Waals surface area contributed by atoms with Crippen LogP contribution in [0.3, 0.4) is 0 Å². The van der Waals surface area contributed by atoms with Gasteiger partial charge in [-0.05, 0) is 49.6 Å². The van der Waals surface area contributed by atoms with Crippen molar-refractivity contribution in [3.05, 3.63) is 41.8 Å². The van der Waals surface area contributed by atoms with Crippen LogP contribution in [0.5, 0.6) is 5.75 Å². The maximum Gasteiger partial charge on any atom is 0.387 e. The zero-order valence-electron chi connectivity index (χ0n) is 15.2. The summed E-state index contributed by atoms with van der Waals surface area (Å²) < 4.78 is 52.2. The minimum Gasteiger partial charge on any atom is -0.434 e. The quantitative estimate of drug-likeness (QED) is 0.710. The molecule has 1 aliphatic rings. The minimum absolute atomic E-state index is 0.0911. The normalized spacial score (nSPS) is 17.2. The summed E-state index contributed by atoms with van der Waals surface area (Å²) in [6, 6.07) is 6.17. The summed E-state index contributed by atoms with van der Waals surface area (Å²) in [4.78, 5) is 0. The SMILES string of the molecule is Cc1cc(F)c(-c2nnc(NC3CCCOC3)n3cccc23)c(OC(F)F)c1. The molecule has 0 aliphatic carbocycles. The molecule has 0 bridgehead atoms. The molecular weight excluding hydrogens is 373 g/mol. The lowest BCUT2D eigenvalue weighted by Crippen LogP contribution is -2.31. The number of aryl methyl sites for hydroxylation is 1. The van der Waals surface area contributed by atoms with E-state index in [1.807, 2.05) is 0 Å². The lowest BCUT2D eigenvalue weighted by molar-refractivity contribution is -0.0496. The highest BCUT2D eigenvalue weighted by atomic mass is 19.3. The van der Waals surface area contributed by atoms with E-state index >= 15 is 0 Å². The van der Waals surface area contributed by atoms with Crippen molar-refractivity contribution >= 4 is 11.5 Å². The number of fused-ring (bicyclic) bond motifs is 1. The number of ether oxygens (including phenoxy) is 2. The van der Waals surface area contributed by atoms with E-state index in [-0.39, 0.29) is 23.0 Å². The first-order valence-corrected chi connectivity index (χ1v) is 8.96. The predicted octanol–water partition coefficient (Wildman–Crippen LogP) is 4.04. The van der Waals surface area contributed by atoms with Gasteiger partial charge >= 0.3 is 6.61 Å². The Morgan fingerprint density at radius 2 is 2.18 bits per heavy atom. The van der Waals surface area contributed by atoms with Gasteiger partial charge in [0.25, 0.3) is 0 Å². The molecule has 1 N–H and O–H groups in total. The fourth-order valence-electron chi connectivity index (χ4n) is 3.40. The Morgan fingerprint density at radius 1 is 1.32 bits per heavy atom. The van der Waals surface area contributed by atoms with Crippen LogP contribution in [0.15, 0.2) is 30.5 Å². The van der Waals surface area contributed by atoms with Gasteiger partial charge < -0.3 is 14.8 Å². The van der Waals surface area contributed by atoms with Gasteiger partial charge in [-0.1, -0.05) is 0 Å². The second-order valence-electron chi connectivity index (χ2n) is 6.69. The minimum atomic E-state index is -3.08. The number of anilines is 1. The molecule has 0 amide bonds. The Morgan fingerprint density at radius 3 is 2.93 bits per heavy atom. The van der Waals surface area contributed by atoms with Gasteiger partial charge in [-0.2, -0.15) is 8.78 Å². The molecule has 148 valence electrons. The van der Waals surface area contributed by atoms with E-state index in [2.05, 4.69) is 20.3 Å². The maximum atomic E-state index is 14.7. The molecule has 0 spiro atoms. The van der Waals surface area contributed by atoms with E-state index in [1.165, 1.54) is 12.1 Å². The van der Waals surface area contributed by atoms with Crippen molar-refractivity contribution in [1.82, 2.24) is 14.6 Å². The molecule has 1 atom stereocenters. The highest BCUT2D eigenvalue weighted by Gasteiger charge is 2.22. The van der Waals surface area contributed by atoms with Crippen LogP contribution in [0.1, 0.15) is 18.4 Å². The number of rotatable bonds is 5. The number of halogens is 3. The fraction of sp³-hybridized carbons (Fsp3) is 0.368. The zero-order valence-corrected chi connectivity index (χ0v) is 15.2. The van der Waals surface area contributed by atoms with Gasteiger partial charge in [0.05, 0.1) is 23.7 Å². The number of hydrogen-bond donors (Lipinski definition) is 1. The number of alkyl halides is 2. The van der Waals surface area contributed by atoms with Gasteiger partial charge in [0.2, 0.25) is 5.95 Å². The summed E-state index contributed by atoms with van der Waals surface area (Å²) in [5.41, 5.74) is 0.973. The Bertz CT molecular complexity index is 987. The number of aromatic nitrogens is 3. The van der Waals surface area contributed by atoms with Crippen molar-refractivity contribution in [3.63, 3.8) is 0 Å². The molecule has 3 aromatic rings. The van der Waals surface area contributed by atoms with E-state index in [0.717, 1.165) is 19.4 Å². The van der Waals surface area contributed by atoms with E-state index in [1.54, 1.807) is 29.7 Å². The van der Waals surface area contributed by atoms with Crippen LogP contribution in [-0.2, 0) is 4.74 Å². The average Bonchev–Trinajstić information content (AvgIpc) is 3.13. The van der Waals surface area contributed by atoms with E-state index in [4.69, 9.17) is 4.74 Å². The van der Waals surface area contributed by atoms with Crippen molar-refractivity contribution in [2.45, 2.75) is 32.4 Å². The molecule has 1 unspecified atom stereocenters. The summed E-state index contributed by atoms with van der Waals surface area (Å²) in [5, 5.41) is 11.6. The van der Waals surface area contributed by atoms with Crippen LogP contribution in [-0.4, -0.2) is 40.5 Å². The number of benzene rings is 1. The van der Waals surface area contributed by atoms with Crippen LogP contribution in [0, 0.1) is 12.7 Å². The molecule has 9 heteroatoms. The van der Waals surface area contributed by atoms with Gasteiger partial charge in [0.1, 0.15) is 17.3 Å². The Balaban J connectivity index is 1.79. The highest BCUT2D eigenvalue weighted by molar-refractivity contribution is 5.82. The van der Waals surface area contributed by atoms with Gasteiger partial charge in [-0.15, -0.1) is 10.2 Å². The van der Waals surface area contributed by atoms with Crippen molar-refractivity contribution in [3.8, 4) is 17.0 Å². The third kappa shape index (κ3) is 3.62. The molecule has 1 fully saturated rings. The van der Waals surface area contributed by atoms with Crippen molar-refractivity contribution in [2.75, 3.05) is 18.5 Å². The maximum absolute atomic E-state index is 14.7. The summed E-state index contributed by atoms with van der Waals surface area (Å²) in [7, 11) is 0. The predicted molar refractivity (Wildman–Crippen MR) is 97.2 cm³/mol. The van der Waals surface area contributed by atoms with Crippen LogP contribution < -0.4 is 10.1 Å². The Hall–Kier alpha value is -2.81.